The topological polar surface area (TPSA) is 49.9 Å². The van der Waals surface area contributed by atoms with Gasteiger partial charge in [0.15, 0.2) is 0 Å². The van der Waals surface area contributed by atoms with E-state index in [1.54, 1.807) is 30.1 Å². The normalized spacial score (nSPS) is 24.2. The first-order valence-electron chi connectivity index (χ1n) is 8.44. The van der Waals surface area contributed by atoms with Crippen LogP contribution in [0.3, 0.4) is 0 Å². The average Bonchev–Trinajstić information content (AvgIpc) is 2.72. The van der Waals surface area contributed by atoms with Gasteiger partial charge in [-0.05, 0) is 30.9 Å². The first kappa shape index (κ1) is 16.7. The predicted molar refractivity (Wildman–Crippen MR) is 87.0 cm³/mol. The van der Waals surface area contributed by atoms with Crippen molar-refractivity contribution in [2.75, 3.05) is 26.7 Å². The van der Waals surface area contributed by atoms with Crippen molar-refractivity contribution in [3.05, 3.63) is 35.6 Å². The Balaban J connectivity index is 1.55. The summed E-state index contributed by atoms with van der Waals surface area (Å²) in [5.74, 6) is -0.228. The van der Waals surface area contributed by atoms with Crippen molar-refractivity contribution in [1.82, 2.24) is 9.80 Å². The number of amides is 2. The van der Waals surface area contributed by atoms with Gasteiger partial charge in [-0.25, -0.2) is 9.18 Å². The van der Waals surface area contributed by atoms with Gasteiger partial charge in [0, 0.05) is 33.0 Å². The van der Waals surface area contributed by atoms with E-state index in [9.17, 15) is 14.0 Å². The highest BCUT2D eigenvalue weighted by atomic mass is 19.1. The van der Waals surface area contributed by atoms with E-state index in [1.165, 1.54) is 6.07 Å². The van der Waals surface area contributed by atoms with Crippen LogP contribution < -0.4 is 0 Å². The molecule has 5 nitrogen and oxygen atoms in total. The maximum atomic E-state index is 13.6. The van der Waals surface area contributed by atoms with Gasteiger partial charge in [-0.1, -0.05) is 18.2 Å². The van der Waals surface area contributed by atoms with E-state index in [0.29, 0.717) is 44.5 Å². The molecule has 1 unspecified atom stereocenters. The predicted octanol–water partition coefficient (Wildman–Crippen LogP) is 2.59. The molecule has 6 heteroatoms. The molecule has 0 saturated carbocycles. The fourth-order valence-electron chi connectivity index (χ4n) is 3.57. The molecule has 0 aromatic heterocycles. The molecule has 1 aromatic carbocycles. The summed E-state index contributed by atoms with van der Waals surface area (Å²) >= 11 is 0. The van der Waals surface area contributed by atoms with Crippen LogP contribution in [0.4, 0.5) is 9.18 Å². The Bertz CT molecular complexity index is 636. The summed E-state index contributed by atoms with van der Waals surface area (Å²) in [5.41, 5.74) is 0.121. The van der Waals surface area contributed by atoms with Crippen molar-refractivity contribution >= 4 is 12.0 Å². The molecule has 2 fully saturated rings. The van der Waals surface area contributed by atoms with Gasteiger partial charge in [0.1, 0.15) is 11.4 Å². The Labute approximate surface area is 141 Å². The second-order valence-corrected chi connectivity index (χ2v) is 6.73. The zero-order chi connectivity index (χ0) is 17.2. The van der Waals surface area contributed by atoms with Gasteiger partial charge >= 0.3 is 6.09 Å². The Morgan fingerprint density at radius 1 is 1.29 bits per heavy atom. The molecular weight excluding hydrogens is 311 g/mol. The Morgan fingerprint density at radius 2 is 2.08 bits per heavy atom. The highest BCUT2D eigenvalue weighted by Gasteiger charge is 2.44. The molecule has 2 aliphatic heterocycles. The molecule has 1 aromatic rings. The highest BCUT2D eigenvalue weighted by Crippen LogP contribution is 2.32. The lowest BCUT2D eigenvalue weighted by Gasteiger charge is -2.25. The number of nitrogens with zero attached hydrogens (tertiary/aromatic N) is 2. The SMILES string of the molecule is CN1CC2(CCCN(C(=O)CCc3ccccc3F)CC2)OC1=O. The van der Waals surface area contributed by atoms with Crippen LogP contribution >= 0.6 is 0 Å². The fraction of sp³-hybridized carbons (Fsp3) is 0.556. The smallest absolute Gasteiger partial charge is 0.410 e. The number of aryl methyl sites for hydroxylation is 1. The second kappa shape index (κ2) is 6.79. The molecule has 2 heterocycles. The van der Waals surface area contributed by atoms with Gasteiger partial charge in [0.2, 0.25) is 5.91 Å². The van der Waals surface area contributed by atoms with E-state index in [-0.39, 0.29) is 17.8 Å². The lowest BCUT2D eigenvalue weighted by atomic mass is 9.95. The summed E-state index contributed by atoms with van der Waals surface area (Å²) in [6, 6.07) is 6.56. The Morgan fingerprint density at radius 3 is 2.79 bits per heavy atom. The van der Waals surface area contributed by atoms with Crippen molar-refractivity contribution in [2.24, 2.45) is 0 Å². The van der Waals surface area contributed by atoms with Crippen LogP contribution in [0.25, 0.3) is 0 Å². The molecule has 3 rings (SSSR count). The molecule has 2 saturated heterocycles. The van der Waals surface area contributed by atoms with Gasteiger partial charge in [0.05, 0.1) is 6.54 Å². The molecule has 0 N–H and O–H groups in total. The van der Waals surface area contributed by atoms with Gasteiger partial charge in [-0.15, -0.1) is 0 Å². The minimum atomic E-state index is -0.452. The van der Waals surface area contributed by atoms with Crippen LogP contribution in [0.1, 0.15) is 31.2 Å². The largest absolute Gasteiger partial charge is 0.441 e. The van der Waals surface area contributed by atoms with Gasteiger partial charge in [-0.3, -0.25) is 4.79 Å². The molecule has 0 aliphatic carbocycles. The third-order valence-corrected chi connectivity index (χ3v) is 4.96. The van der Waals surface area contributed by atoms with Crippen molar-refractivity contribution in [2.45, 2.75) is 37.7 Å². The first-order chi connectivity index (χ1) is 11.5. The van der Waals surface area contributed by atoms with Crippen LogP contribution in [0.2, 0.25) is 0 Å². The third-order valence-electron chi connectivity index (χ3n) is 4.96. The Kier molecular flexibility index (Phi) is 4.73. The van der Waals surface area contributed by atoms with E-state index in [2.05, 4.69) is 0 Å². The molecule has 0 bridgehead atoms. The lowest BCUT2D eigenvalue weighted by Crippen LogP contribution is -2.36. The van der Waals surface area contributed by atoms with Crippen molar-refractivity contribution in [3.63, 3.8) is 0 Å². The maximum absolute atomic E-state index is 13.6. The summed E-state index contributed by atoms with van der Waals surface area (Å²) in [5, 5.41) is 0. The van der Waals surface area contributed by atoms with Crippen LogP contribution in [0.15, 0.2) is 24.3 Å². The molecule has 2 aliphatic rings. The molecule has 1 spiro atoms. The number of benzene rings is 1. The number of ether oxygens (including phenoxy) is 1. The van der Waals surface area contributed by atoms with E-state index < -0.39 is 5.60 Å². The number of likely N-dealkylation sites (tertiary alicyclic amines) is 1. The minimum absolute atomic E-state index is 0.0352. The van der Waals surface area contributed by atoms with Gasteiger partial charge in [-0.2, -0.15) is 0 Å². The van der Waals surface area contributed by atoms with Gasteiger partial charge in [0.25, 0.3) is 0 Å². The zero-order valence-electron chi connectivity index (χ0n) is 14.0. The maximum Gasteiger partial charge on any atom is 0.410 e. The Hall–Kier alpha value is -2.11. The molecular formula is C18H23FN2O3. The third kappa shape index (κ3) is 3.52. The van der Waals surface area contributed by atoms with Crippen molar-refractivity contribution in [1.29, 1.82) is 0 Å². The van der Waals surface area contributed by atoms with E-state index in [0.717, 1.165) is 12.8 Å². The molecule has 1 atom stereocenters. The summed E-state index contributed by atoms with van der Waals surface area (Å²) < 4.78 is 19.2. The highest BCUT2D eigenvalue weighted by molar-refractivity contribution is 5.76. The minimum Gasteiger partial charge on any atom is -0.441 e. The zero-order valence-corrected chi connectivity index (χ0v) is 14.0. The molecule has 130 valence electrons. The van der Waals surface area contributed by atoms with E-state index in [1.807, 2.05) is 4.90 Å². The number of rotatable bonds is 3. The van der Waals surface area contributed by atoms with Crippen LogP contribution in [0, 0.1) is 5.82 Å². The quantitative estimate of drug-likeness (QED) is 0.854. The van der Waals surface area contributed by atoms with E-state index in [4.69, 9.17) is 4.74 Å². The number of halogens is 1. The van der Waals surface area contributed by atoms with Crippen LogP contribution in [-0.4, -0.2) is 54.1 Å². The number of carbonyl (C=O) groups excluding carboxylic acids is 2. The van der Waals surface area contributed by atoms with Crippen LogP contribution in [-0.2, 0) is 16.0 Å². The summed E-state index contributed by atoms with van der Waals surface area (Å²) in [6.07, 6.45) is 2.68. The molecule has 0 radical (unpaired) electrons. The lowest BCUT2D eigenvalue weighted by molar-refractivity contribution is -0.131. The standard InChI is InChI=1S/C18H23FN2O3/c1-20-13-18(24-17(20)23)9-4-11-21(12-10-18)16(22)8-7-14-5-2-3-6-15(14)19/h2-3,5-6H,4,7-13H2,1H3. The average molecular weight is 334 g/mol. The number of carbonyl (C=O) groups is 2. The monoisotopic (exact) mass is 334 g/mol. The first-order valence-corrected chi connectivity index (χ1v) is 8.44. The van der Waals surface area contributed by atoms with Crippen molar-refractivity contribution in [3.8, 4) is 0 Å². The number of hydrogen-bond donors (Lipinski definition) is 0. The summed E-state index contributed by atoms with van der Waals surface area (Å²) in [4.78, 5) is 27.5. The molecule has 2 amide bonds. The van der Waals surface area contributed by atoms with Gasteiger partial charge < -0.3 is 14.5 Å². The molecule has 24 heavy (non-hydrogen) atoms. The second-order valence-electron chi connectivity index (χ2n) is 6.73. The summed E-state index contributed by atoms with van der Waals surface area (Å²) in [7, 11) is 1.74. The summed E-state index contributed by atoms with van der Waals surface area (Å²) in [6.45, 7) is 1.83. The fourth-order valence-corrected chi connectivity index (χ4v) is 3.57. The number of hydrogen-bond acceptors (Lipinski definition) is 3. The van der Waals surface area contributed by atoms with E-state index >= 15 is 0 Å². The number of likely N-dealkylation sites (N-methyl/N-ethyl adjacent to an activating group) is 1. The van der Waals surface area contributed by atoms with Crippen LogP contribution in [0.5, 0.6) is 0 Å². The van der Waals surface area contributed by atoms with Crippen molar-refractivity contribution < 1.29 is 18.7 Å².